The van der Waals surface area contributed by atoms with Crippen molar-refractivity contribution >= 4 is 37.6 Å². The average Bonchev–Trinajstić information content (AvgIpc) is 2.16. The molecule has 70 valence electrons. The van der Waals surface area contributed by atoms with E-state index in [1.165, 1.54) is 0 Å². The lowest BCUT2D eigenvalue weighted by molar-refractivity contribution is 0.102. The van der Waals surface area contributed by atoms with Crippen molar-refractivity contribution in [3.63, 3.8) is 0 Å². The summed E-state index contributed by atoms with van der Waals surface area (Å²) in [6.07, 6.45) is 0. The first kappa shape index (κ1) is 10.7. The molecule has 1 aromatic carbocycles. The number of methoxy groups -OCH3 is 1. The van der Waals surface area contributed by atoms with E-state index in [2.05, 4.69) is 31.9 Å². The minimum absolute atomic E-state index is 0.0587. The van der Waals surface area contributed by atoms with Gasteiger partial charge in [-0.3, -0.25) is 4.79 Å². The molecule has 0 aliphatic carbocycles. The van der Waals surface area contributed by atoms with E-state index in [-0.39, 0.29) is 5.78 Å². The molecule has 0 amide bonds. The van der Waals surface area contributed by atoms with Crippen LogP contribution in [0, 0.1) is 0 Å². The largest absolute Gasteiger partial charge is 0.496 e. The van der Waals surface area contributed by atoms with Crippen molar-refractivity contribution in [2.45, 2.75) is 0 Å². The lowest BCUT2D eigenvalue weighted by atomic mass is 10.1. The van der Waals surface area contributed by atoms with Gasteiger partial charge in [0, 0.05) is 5.56 Å². The number of ether oxygens (including phenoxy) is 1. The molecular weight excluding hydrogens is 300 g/mol. The molecule has 0 saturated carbocycles. The maximum atomic E-state index is 11.3. The molecule has 0 unspecified atom stereocenters. The van der Waals surface area contributed by atoms with Gasteiger partial charge in [0.25, 0.3) is 0 Å². The number of halogens is 2. The fourth-order valence-corrected chi connectivity index (χ4v) is 1.78. The predicted octanol–water partition coefficient (Wildman–Crippen LogP) is 3.04. The van der Waals surface area contributed by atoms with Crippen molar-refractivity contribution in [1.82, 2.24) is 0 Å². The van der Waals surface area contributed by atoms with E-state index in [4.69, 9.17) is 4.74 Å². The Hall–Kier alpha value is -0.350. The third-order valence-corrected chi connectivity index (χ3v) is 2.72. The smallest absolute Gasteiger partial charge is 0.173 e. The summed E-state index contributed by atoms with van der Waals surface area (Å²) in [4.78, 5) is 11.3. The van der Waals surface area contributed by atoms with E-state index in [9.17, 15) is 4.79 Å². The standard InChI is InChI=1S/C9H8Br2O2/c1-13-9-3-2-6(4-7(9)11)8(12)5-10/h2-4H,5H2,1H3. The zero-order valence-electron chi connectivity index (χ0n) is 7.01. The lowest BCUT2D eigenvalue weighted by Gasteiger charge is -2.04. The van der Waals surface area contributed by atoms with Gasteiger partial charge in [-0.2, -0.15) is 0 Å². The highest BCUT2D eigenvalue weighted by atomic mass is 79.9. The molecule has 1 aromatic rings. The van der Waals surface area contributed by atoms with Gasteiger partial charge < -0.3 is 4.74 Å². The second kappa shape index (κ2) is 4.77. The van der Waals surface area contributed by atoms with Crippen LogP contribution in [0.5, 0.6) is 5.75 Å². The molecule has 4 heteroatoms. The highest BCUT2D eigenvalue weighted by Crippen LogP contribution is 2.25. The number of ketones is 1. The van der Waals surface area contributed by atoms with Gasteiger partial charge in [0.1, 0.15) is 5.75 Å². The van der Waals surface area contributed by atoms with Crippen LogP contribution in [0.4, 0.5) is 0 Å². The summed E-state index contributed by atoms with van der Waals surface area (Å²) in [5, 5.41) is 0.339. The Labute approximate surface area is 93.5 Å². The van der Waals surface area contributed by atoms with Gasteiger partial charge in [-0.05, 0) is 34.1 Å². The van der Waals surface area contributed by atoms with E-state index in [1.807, 2.05) is 0 Å². The minimum Gasteiger partial charge on any atom is -0.496 e. The summed E-state index contributed by atoms with van der Waals surface area (Å²) in [6, 6.07) is 5.26. The third kappa shape index (κ3) is 2.54. The van der Waals surface area contributed by atoms with Gasteiger partial charge in [0.2, 0.25) is 0 Å². The Bertz CT molecular complexity index is 323. The van der Waals surface area contributed by atoms with E-state index in [0.717, 1.165) is 10.2 Å². The van der Waals surface area contributed by atoms with Gasteiger partial charge in [-0.1, -0.05) is 15.9 Å². The SMILES string of the molecule is COc1ccc(C(=O)CBr)cc1Br. The first-order valence-corrected chi connectivity index (χ1v) is 5.53. The normalized spacial score (nSPS) is 9.77. The van der Waals surface area contributed by atoms with Gasteiger partial charge >= 0.3 is 0 Å². The van der Waals surface area contributed by atoms with Crippen molar-refractivity contribution in [1.29, 1.82) is 0 Å². The van der Waals surface area contributed by atoms with Crippen LogP contribution in [0.1, 0.15) is 10.4 Å². The highest BCUT2D eigenvalue weighted by molar-refractivity contribution is 9.10. The maximum Gasteiger partial charge on any atom is 0.173 e. The monoisotopic (exact) mass is 306 g/mol. The molecule has 0 saturated heterocycles. The fourth-order valence-electron chi connectivity index (χ4n) is 0.917. The Balaban J connectivity index is 3.02. The van der Waals surface area contributed by atoms with Crippen molar-refractivity contribution in [3.05, 3.63) is 28.2 Å². The van der Waals surface area contributed by atoms with Gasteiger partial charge in [0.15, 0.2) is 5.78 Å². The van der Waals surface area contributed by atoms with Crippen LogP contribution in [0.2, 0.25) is 0 Å². The molecule has 0 aliphatic heterocycles. The molecule has 0 aliphatic rings. The molecule has 0 aromatic heterocycles. The van der Waals surface area contributed by atoms with Crippen LogP contribution in [-0.2, 0) is 0 Å². The molecule has 0 bridgehead atoms. The van der Waals surface area contributed by atoms with Crippen molar-refractivity contribution in [2.75, 3.05) is 12.4 Å². The number of hydrogen-bond donors (Lipinski definition) is 0. The summed E-state index contributed by atoms with van der Waals surface area (Å²) in [6.45, 7) is 0. The predicted molar refractivity (Wildman–Crippen MR) is 58.8 cm³/mol. The topological polar surface area (TPSA) is 26.3 Å². The highest BCUT2D eigenvalue weighted by Gasteiger charge is 2.06. The second-order valence-electron chi connectivity index (χ2n) is 2.41. The molecule has 0 spiro atoms. The molecule has 0 fully saturated rings. The lowest BCUT2D eigenvalue weighted by Crippen LogP contribution is -1.99. The summed E-state index contributed by atoms with van der Waals surface area (Å²) in [5.74, 6) is 0.787. The van der Waals surface area contributed by atoms with Crippen molar-refractivity contribution in [2.24, 2.45) is 0 Å². The molecule has 0 atom stereocenters. The number of Topliss-reactive ketones (excluding diaryl/α,β-unsaturated/α-hetero) is 1. The third-order valence-electron chi connectivity index (χ3n) is 1.60. The molecule has 0 radical (unpaired) electrons. The van der Waals surface area contributed by atoms with Crippen LogP contribution >= 0.6 is 31.9 Å². The number of carbonyl (C=O) groups is 1. The van der Waals surface area contributed by atoms with E-state index in [1.54, 1.807) is 25.3 Å². The number of rotatable bonds is 3. The average molecular weight is 308 g/mol. The summed E-state index contributed by atoms with van der Waals surface area (Å²) >= 11 is 6.43. The van der Waals surface area contributed by atoms with E-state index < -0.39 is 0 Å². The van der Waals surface area contributed by atoms with E-state index in [0.29, 0.717) is 10.9 Å². The summed E-state index contributed by atoms with van der Waals surface area (Å²) in [7, 11) is 1.59. The first-order valence-electron chi connectivity index (χ1n) is 3.61. The van der Waals surface area contributed by atoms with Gasteiger partial charge in [-0.15, -0.1) is 0 Å². The fraction of sp³-hybridized carbons (Fsp3) is 0.222. The zero-order valence-corrected chi connectivity index (χ0v) is 10.2. The van der Waals surface area contributed by atoms with Crippen molar-refractivity contribution < 1.29 is 9.53 Å². The van der Waals surface area contributed by atoms with Gasteiger partial charge in [0.05, 0.1) is 16.9 Å². The Morgan fingerprint density at radius 3 is 2.69 bits per heavy atom. The molecular formula is C9H8Br2O2. The molecule has 1 rings (SSSR count). The number of alkyl halides is 1. The second-order valence-corrected chi connectivity index (χ2v) is 3.82. The van der Waals surface area contributed by atoms with Crippen LogP contribution in [0.15, 0.2) is 22.7 Å². The number of benzene rings is 1. The number of hydrogen-bond acceptors (Lipinski definition) is 2. The molecule has 2 nitrogen and oxygen atoms in total. The Kier molecular flexibility index (Phi) is 3.93. The quantitative estimate of drug-likeness (QED) is 0.634. The van der Waals surface area contributed by atoms with Crippen LogP contribution < -0.4 is 4.74 Å². The molecule has 13 heavy (non-hydrogen) atoms. The molecule has 0 N–H and O–H groups in total. The number of carbonyl (C=O) groups excluding carboxylic acids is 1. The van der Waals surface area contributed by atoms with Crippen LogP contribution in [0.25, 0.3) is 0 Å². The molecule has 0 heterocycles. The first-order chi connectivity index (χ1) is 6.19. The Morgan fingerprint density at radius 2 is 2.23 bits per heavy atom. The Morgan fingerprint density at radius 1 is 1.54 bits per heavy atom. The van der Waals surface area contributed by atoms with Crippen LogP contribution in [-0.4, -0.2) is 18.2 Å². The zero-order chi connectivity index (χ0) is 9.84. The summed E-state index contributed by atoms with van der Waals surface area (Å²) in [5.41, 5.74) is 0.671. The van der Waals surface area contributed by atoms with Crippen LogP contribution in [0.3, 0.4) is 0 Å². The van der Waals surface area contributed by atoms with Crippen molar-refractivity contribution in [3.8, 4) is 5.75 Å². The van der Waals surface area contributed by atoms with E-state index >= 15 is 0 Å². The van der Waals surface area contributed by atoms with Gasteiger partial charge in [-0.25, -0.2) is 0 Å². The maximum absolute atomic E-state index is 11.3. The summed E-state index contributed by atoms with van der Waals surface area (Å²) < 4.78 is 5.84. The minimum atomic E-state index is 0.0587.